The van der Waals surface area contributed by atoms with Crippen LogP contribution in [0.3, 0.4) is 0 Å². The zero-order valence-electron chi connectivity index (χ0n) is 22.4. The van der Waals surface area contributed by atoms with Crippen LogP contribution in [-0.4, -0.2) is 11.6 Å². The summed E-state index contributed by atoms with van der Waals surface area (Å²) >= 11 is 0. The molecule has 40 heavy (non-hydrogen) atoms. The Morgan fingerprint density at radius 3 is 1.00 bits per heavy atom. The van der Waals surface area contributed by atoms with Crippen LogP contribution in [0.15, 0.2) is 128 Å². The fourth-order valence-corrected chi connectivity index (χ4v) is 4.14. The summed E-state index contributed by atoms with van der Waals surface area (Å²) < 4.78 is 11.8. The lowest BCUT2D eigenvalue weighted by atomic mass is 10.0. The quantitative estimate of drug-likeness (QED) is 0.181. The minimum Gasteiger partial charge on any atom is -0.457 e. The number of hydrogen-bond donors (Lipinski definition) is 0. The molecule has 0 amide bonds. The smallest absolute Gasteiger partial charge is 0.193 e. The fraction of sp³-hybridized carbons (Fsp3) is 0.0556. The van der Waals surface area contributed by atoms with Crippen molar-refractivity contribution >= 4 is 17.1 Å². The molecule has 0 aliphatic rings. The van der Waals surface area contributed by atoms with Gasteiger partial charge in [-0.1, -0.05) is 54.1 Å². The van der Waals surface area contributed by atoms with Gasteiger partial charge in [0.2, 0.25) is 0 Å². The Labute approximate surface area is 234 Å². The zero-order chi connectivity index (χ0) is 28.1. The third kappa shape index (κ3) is 6.25. The lowest BCUT2D eigenvalue weighted by molar-refractivity contribution is 0.103. The molecule has 0 atom stereocenters. The molecule has 0 heterocycles. The van der Waals surface area contributed by atoms with Crippen LogP contribution >= 0.6 is 0 Å². The molecule has 5 aromatic carbocycles. The average molecular weight is 525 g/mol. The second-order valence-corrected chi connectivity index (χ2v) is 9.61. The molecule has 4 heteroatoms. The van der Waals surface area contributed by atoms with Crippen molar-refractivity contribution in [3.63, 3.8) is 0 Å². The summed E-state index contributed by atoms with van der Waals surface area (Å²) in [5.74, 6) is 2.45. The molecular formula is C36H28O4. The average Bonchev–Trinajstić information content (AvgIpc) is 2.99. The van der Waals surface area contributed by atoms with Crippen molar-refractivity contribution in [2.24, 2.45) is 0 Å². The molecule has 0 saturated heterocycles. The van der Waals surface area contributed by atoms with Crippen molar-refractivity contribution in [3.05, 3.63) is 161 Å². The monoisotopic (exact) mass is 524 g/mol. The van der Waals surface area contributed by atoms with Gasteiger partial charge in [-0.25, -0.2) is 0 Å². The molecular weight excluding hydrogens is 496 g/mol. The van der Waals surface area contributed by atoms with Crippen LogP contribution < -0.4 is 9.47 Å². The highest BCUT2D eigenvalue weighted by molar-refractivity contribution is 6.09. The van der Waals surface area contributed by atoms with E-state index in [2.05, 4.69) is 6.58 Å². The van der Waals surface area contributed by atoms with Crippen molar-refractivity contribution < 1.29 is 19.1 Å². The predicted molar refractivity (Wildman–Crippen MR) is 159 cm³/mol. The van der Waals surface area contributed by atoms with E-state index in [1.54, 1.807) is 72.8 Å². The molecule has 0 unspecified atom stereocenters. The second-order valence-electron chi connectivity index (χ2n) is 9.61. The third-order valence-corrected chi connectivity index (χ3v) is 6.48. The third-order valence-electron chi connectivity index (χ3n) is 6.48. The van der Waals surface area contributed by atoms with Crippen LogP contribution in [0.2, 0.25) is 0 Å². The number of benzene rings is 5. The molecule has 0 N–H and O–H groups in total. The highest BCUT2D eigenvalue weighted by Gasteiger charge is 2.12. The van der Waals surface area contributed by atoms with Crippen molar-refractivity contribution in [3.8, 4) is 23.0 Å². The van der Waals surface area contributed by atoms with Crippen molar-refractivity contribution in [2.75, 3.05) is 0 Å². The zero-order valence-corrected chi connectivity index (χ0v) is 22.4. The van der Waals surface area contributed by atoms with Gasteiger partial charge in [-0.05, 0) is 104 Å². The first-order valence-corrected chi connectivity index (χ1v) is 12.9. The maximum absolute atomic E-state index is 13.0. The van der Waals surface area contributed by atoms with Gasteiger partial charge >= 0.3 is 0 Å². The van der Waals surface area contributed by atoms with Gasteiger partial charge in [0.25, 0.3) is 0 Å². The Morgan fingerprint density at radius 1 is 0.450 bits per heavy atom. The standard InChI is InChI=1S/C36H28O4/c1-24(2)26-6-8-27(9-7-26)35(37)28-10-20-33(21-11-28)40-34-22-14-30(15-23-34)36(38)29-12-18-32(19-13-29)39-31-16-4-25(3)5-17-31/h4-23H,1H2,2-3H3. The van der Waals surface area contributed by atoms with Crippen LogP contribution in [-0.2, 0) is 0 Å². The SMILES string of the molecule is C=C(C)c1ccc(C(=O)c2ccc(Oc3ccc(C(=O)c4ccc(Oc5ccc(C)cc5)cc4)cc3)cc2)cc1. The fourth-order valence-electron chi connectivity index (χ4n) is 4.14. The Balaban J connectivity index is 1.19. The molecule has 5 aromatic rings. The lowest BCUT2D eigenvalue weighted by Gasteiger charge is -2.09. The minimum atomic E-state index is -0.0902. The number of ether oxygens (including phenoxy) is 2. The number of aryl methyl sites for hydroxylation is 1. The van der Waals surface area contributed by atoms with E-state index in [9.17, 15) is 9.59 Å². The summed E-state index contributed by atoms with van der Waals surface area (Å²) in [7, 11) is 0. The molecule has 196 valence electrons. The van der Waals surface area contributed by atoms with Gasteiger partial charge in [-0.15, -0.1) is 0 Å². The predicted octanol–water partition coefficient (Wildman–Crippen LogP) is 9.07. The van der Waals surface area contributed by atoms with Gasteiger partial charge in [-0.3, -0.25) is 9.59 Å². The van der Waals surface area contributed by atoms with Crippen molar-refractivity contribution in [1.29, 1.82) is 0 Å². The Bertz CT molecular complexity index is 1640. The number of ketones is 2. The highest BCUT2D eigenvalue weighted by atomic mass is 16.5. The van der Waals surface area contributed by atoms with Gasteiger partial charge in [0.1, 0.15) is 23.0 Å². The van der Waals surface area contributed by atoms with Crippen LogP contribution in [0.25, 0.3) is 5.57 Å². The van der Waals surface area contributed by atoms with E-state index in [4.69, 9.17) is 9.47 Å². The molecule has 0 aromatic heterocycles. The molecule has 0 fully saturated rings. The van der Waals surface area contributed by atoms with Crippen molar-refractivity contribution in [2.45, 2.75) is 13.8 Å². The molecule has 0 aliphatic heterocycles. The van der Waals surface area contributed by atoms with E-state index in [1.165, 1.54) is 0 Å². The number of carbonyl (C=O) groups is 2. The number of allylic oxidation sites excluding steroid dienone is 1. The summed E-state index contributed by atoms with van der Waals surface area (Å²) in [6.45, 7) is 7.88. The molecule has 5 rings (SSSR count). The number of rotatable bonds is 9. The van der Waals surface area contributed by atoms with Crippen LogP contribution in [0.5, 0.6) is 23.0 Å². The summed E-state index contributed by atoms with van der Waals surface area (Å²) in [6.07, 6.45) is 0. The molecule has 0 spiro atoms. The van der Waals surface area contributed by atoms with E-state index in [0.29, 0.717) is 39.5 Å². The van der Waals surface area contributed by atoms with Crippen LogP contribution in [0, 0.1) is 6.92 Å². The normalized spacial score (nSPS) is 10.6. The van der Waals surface area contributed by atoms with E-state index >= 15 is 0 Å². The van der Waals surface area contributed by atoms with Crippen LogP contribution in [0.4, 0.5) is 0 Å². The van der Waals surface area contributed by atoms with E-state index in [0.717, 1.165) is 22.4 Å². The van der Waals surface area contributed by atoms with E-state index in [-0.39, 0.29) is 11.6 Å². The maximum Gasteiger partial charge on any atom is 0.193 e. The first-order chi connectivity index (χ1) is 19.4. The number of hydrogen-bond acceptors (Lipinski definition) is 4. The summed E-state index contributed by atoms with van der Waals surface area (Å²) in [4.78, 5) is 25.8. The molecule has 0 saturated carbocycles. The van der Waals surface area contributed by atoms with Gasteiger partial charge in [0.15, 0.2) is 11.6 Å². The Kier molecular flexibility index (Phi) is 7.70. The first-order valence-electron chi connectivity index (χ1n) is 12.9. The topological polar surface area (TPSA) is 52.6 Å². The van der Waals surface area contributed by atoms with Crippen LogP contribution in [0.1, 0.15) is 49.9 Å². The summed E-state index contributed by atoms with van der Waals surface area (Å²) in [5, 5.41) is 0. The Hall–Kier alpha value is -5.22. The molecule has 0 bridgehead atoms. The highest BCUT2D eigenvalue weighted by Crippen LogP contribution is 2.26. The summed E-state index contributed by atoms with van der Waals surface area (Å²) in [6, 6.07) is 36.3. The van der Waals surface area contributed by atoms with E-state index < -0.39 is 0 Å². The molecule has 0 radical (unpaired) electrons. The van der Waals surface area contributed by atoms with E-state index in [1.807, 2.05) is 62.4 Å². The molecule has 0 aliphatic carbocycles. The van der Waals surface area contributed by atoms with Crippen molar-refractivity contribution in [1.82, 2.24) is 0 Å². The second kappa shape index (κ2) is 11.7. The molecule has 4 nitrogen and oxygen atoms in total. The van der Waals surface area contributed by atoms with Gasteiger partial charge in [0.05, 0.1) is 0 Å². The number of carbonyl (C=O) groups excluding carboxylic acids is 2. The maximum atomic E-state index is 13.0. The minimum absolute atomic E-state index is 0.0579. The van der Waals surface area contributed by atoms with Gasteiger partial charge < -0.3 is 9.47 Å². The Morgan fingerprint density at radius 2 is 0.700 bits per heavy atom. The summed E-state index contributed by atoms with van der Waals surface area (Å²) in [5.41, 5.74) is 5.44. The first kappa shape index (κ1) is 26.4. The lowest BCUT2D eigenvalue weighted by Crippen LogP contribution is -2.01. The largest absolute Gasteiger partial charge is 0.457 e. The van der Waals surface area contributed by atoms with Gasteiger partial charge in [-0.2, -0.15) is 0 Å². The van der Waals surface area contributed by atoms with Gasteiger partial charge in [0, 0.05) is 22.3 Å².